The summed E-state index contributed by atoms with van der Waals surface area (Å²) in [7, 11) is 0. The van der Waals surface area contributed by atoms with Crippen LogP contribution in [0.15, 0.2) is 42.5 Å². The highest BCUT2D eigenvalue weighted by Crippen LogP contribution is 2.37. The van der Waals surface area contributed by atoms with E-state index in [1.807, 2.05) is 24.3 Å². The maximum atomic E-state index is 13.9. The Kier molecular flexibility index (Phi) is 5.88. The Labute approximate surface area is 191 Å². The number of piperazine rings is 1. The molecule has 2 N–H and O–H groups in total. The third-order valence-corrected chi connectivity index (χ3v) is 7.96. The first kappa shape index (κ1) is 21.4. The second kappa shape index (κ2) is 8.81. The molecular weight excluding hydrogens is 425 g/mol. The third-order valence-electron chi connectivity index (χ3n) is 6.67. The van der Waals surface area contributed by atoms with Crippen LogP contribution in [0.2, 0.25) is 0 Å². The van der Waals surface area contributed by atoms with Gasteiger partial charge in [0.25, 0.3) is 5.91 Å². The molecule has 5 nitrogen and oxygen atoms in total. The lowest BCUT2D eigenvalue weighted by molar-refractivity contribution is 0.0283. The monoisotopic (exact) mass is 453 g/mol. The smallest absolute Gasteiger partial charge is 0.258 e. The fourth-order valence-corrected chi connectivity index (χ4v) is 6.11. The van der Waals surface area contributed by atoms with Gasteiger partial charge in [0.15, 0.2) is 0 Å². The molecule has 0 aliphatic carbocycles. The van der Waals surface area contributed by atoms with Crippen molar-refractivity contribution in [3.63, 3.8) is 0 Å². The van der Waals surface area contributed by atoms with E-state index < -0.39 is 0 Å². The summed E-state index contributed by atoms with van der Waals surface area (Å²) < 4.78 is 19.9. The largest absolute Gasteiger partial charge is 0.372 e. The number of carbonyl (C=O) groups is 1. The van der Waals surface area contributed by atoms with Crippen molar-refractivity contribution in [2.45, 2.75) is 31.9 Å². The summed E-state index contributed by atoms with van der Waals surface area (Å²) in [5, 5.41) is 2.04. The maximum absolute atomic E-state index is 13.9. The number of carbonyl (C=O) groups excluding carboxylic acids is 1. The van der Waals surface area contributed by atoms with Crippen molar-refractivity contribution in [3.05, 3.63) is 63.6 Å². The molecule has 1 unspecified atom stereocenters. The van der Waals surface area contributed by atoms with Crippen molar-refractivity contribution >= 4 is 33.7 Å². The number of fused-ring (bicyclic) bond motifs is 2. The Morgan fingerprint density at radius 1 is 1.25 bits per heavy atom. The molecule has 3 aromatic rings. The van der Waals surface area contributed by atoms with Crippen LogP contribution in [-0.2, 0) is 11.2 Å². The molecule has 0 radical (unpaired) electrons. The molecule has 2 aliphatic rings. The zero-order valence-corrected chi connectivity index (χ0v) is 19.0. The van der Waals surface area contributed by atoms with Gasteiger partial charge in [-0.25, -0.2) is 4.39 Å². The van der Waals surface area contributed by atoms with Gasteiger partial charge in [-0.1, -0.05) is 18.2 Å². The maximum Gasteiger partial charge on any atom is 0.258 e. The molecule has 2 aliphatic heterocycles. The second-order valence-electron chi connectivity index (χ2n) is 8.74. The molecule has 3 heterocycles. The Hall–Kier alpha value is -2.48. The van der Waals surface area contributed by atoms with Gasteiger partial charge >= 0.3 is 0 Å². The average Bonchev–Trinajstić information content (AvgIpc) is 3.23. The van der Waals surface area contributed by atoms with Crippen molar-refractivity contribution in [3.8, 4) is 0 Å². The first-order valence-electron chi connectivity index (χ1n) is 11.2. The number of nitrogens with two attached hydrogens (primary N) is 1. The number of hydrogen-bond acceptors (Lipinski definition) is 5. The minimum absolute atomic E-state index is 0.0307. The molecule has 0 spiro atoms. The van der Waals surface area contributed by atoms with Crippen LogP contribution in [-0.4, -0.2) is 49.6 Å². The number of thiophene rings is 1. The molecule has 0 bridgehead atoms. The highest BCUT2D eigenvalue weighted by atomic mass is 32.1. The molecule has 2 atom stereocenters. The van der Waals surface area contributed by atoms with Crippen molar-refractivity contribution < 1.29 is 13.9 Å². The van der Waals surface area contributed by atoms with Crippen LogP contribution in [0, 0.1) is 5.82 Å². The predicted molar refractivity (Wildman–Crippen MR) is 127 cm³/mol. The lowest BCUT2D eigenvalue weighted by Crippen LogP contribution is -2.52. The summed E-state index contributed by atoms with van der Waals surface area (Å²) in [6.45, 7) is 6.63. The highest BCUT2D eigenvalue weighted by Gasteiger charge is 2.29. The summed E-state index contributed by atoms with van der Waals surface area (Å²) in [5.41, 5.74) is 7.79. The first-order chi connectivity index (χ1) is 15.5. The molecule has 1 fully saturated rings. The fraction of sp³-hybridized carbons (Fsp3) is 0.400. The number of hydrogen-bond donors (Lipinski definition) is 1. The number of ether oxygens (including phenoxy) is 1. The van der Waals surface area contributed by atoms with Gasteiger partial charge in [0, 0.05) is 48.2 Å². The van der Waals surface area contributed by atoms with Gasteiger partial charge < -0.3 is 15.4 Å². The van der Waals surface area contributed by atoms with Gasteiger partial charge in [-0.2, -0.15) is 0 Å². The second-order valence-corrected chi connectivity index (χ2v) is 9.82. The summed E-state index contributed by atoms with van der Waals surface area (Å²) in [6, 6.07) is 13.5. The zero-order valence-electron chi connectivity index (χ0n) is 18.2. The Balaban J connectivity index is 1.25. The molecule has 5 rings (SSSR count). The van der Waals surface area contributed by atoms with Crippen LogP contribution >= 0.6 is 11.3 Å². The van der Waals surface area contributed by atoms with Crippen LogP contribution in [0.5, 0.6) is 0 Å². The van der Waals surface area contributed by atoms with Crippen molar-refractivity contribution in [2.24, 2.45) is 5.73 Å². The number of benzene rings is 2. The van der Waals surface area contributed by atoms with E-state index in [1.165, 1.54) is 23.0 Å². The van der Waals surface area contributed by atoms with Crippen LogP contribution in [0.3, 0.4) is 0 Å². The summed E-state index contributed by atoms with van der Waals surface area (Å²) in [4.78, 5) is 18.2. The van der Waals surface area contributed by atoms with Gasteiger partial charge in [0.1, 0.15) is 5.82 Å². The number of nitrogens with zero attached hydrogens (tertiary/aromatic N) is 2. The number of amides is 1. The molecule has 1 amide bonds. The highest BCUT2D eigenvalue weighted by molar-refractivity contribution is 7.14. The molecule has 32 heavy (non-hydrogen) atoms. The average molecular weight is 454 g/mol. The van der Waals surface area contributed by atoms with E-state index in [0.717, 1.165) is 60.4 Å². The Morgan fingerprint density at radius 3 is 2.94 bits per heavy atom. The summed E-state index contributed by atoms with van der Waals surface area (Å²) in [5.74, 6) is -0.558. The van der Waals surface area contributed by atoms with Crippen molar-refractivity contribution in [1.82, 2.24) is 4.90 Å². The van der Waals surface area contributed by atoms with Gasteiger partial charge in [-0.15, -0.1) is 11.3 Å². The van der Waals surface area contributed by atoms with E-state index in [0.29, 0.717) is 17.5 Å². The van der Waals surface area contributed by atoms with Crippen LogP contribution < -0.4 is 10.6 Å². The number of halogens is 1. The summed E-state index contributed by atoms with van der Waals surface area (Å²) >= 11 is 1.48. The van der Waals surface area contributed by atoms with Gasteiger partial charge in [-0.05, 0) is 55.0 Å². The van der Waals surface area contributed by atoms with Gasteiger partial charge in [-0.3, -0.25) is 9.69 Å². The topological polar surface area (TPSA) is 58.8 Å². The molecule has 0 saturated carbocycles. The molecule has 1 aromatic heterocycles. The van der Waals surface area contributed by atoms with Crippen molar-refractivity contribution in [1.29, 1.82) is 0 Å². The Morgan fingerprint density at radius 2 is 2.12 bits per heavy atom. The van der Waals surface area contributed by atoms with E-state index in [4.69, 9.17) is 10.5 Å². The normalized spacial score (nSPS) is 21.6. The number of rotatable bonds is 5. The standard InChI is InChI=1S/C25H28FN3O2S/c1-16-15-29(21-4-2-3-17-5-6-19(26)14-20(17)21)11-10-28(16)9-7-22-24-18(8-12-31-22)13-23(32-24)25(27)30/h2-6,13-14,16,22H,7-12,15H2,1H3,(H2,27,30)/t16-,22?/m1/s1. The van der Waals surface area contributed by atoms with E-state index in [-0.39, 0.29) is 17.8 Å². The van der Waals surface area contributed by atoms with Crippen LogP contribution in [0.25, 0.3) is 10.8 Å². The lowest BCUT2D eigenvalue weighted by atomic mass is 10.0. The van der Waals surface area contributed by atoms with E-state index >= 15 is 0 Å². The molecule has 168 valence electrons. The first-order valence-corrected chi connectivity index (χ1v) is 12.0. The predicted octanol–water partition coefficient (Wildman–Crippen LogP) is 4.35. The zero-order chi connectivity index (χ0) is 22.2. The van der Waals surface area contributed by atoms with E-state index in [1.54, 1.807) is 6.07 Å². The molecule has 2 aromatic carbocycles. The van der Waals surface area contributed by atoms with Gasteiger partial charge in [0.05, 0.1) is 17.6 Å². The minimum atomic E-state index is -0.360. The molecular formula is C25H28FN3O2S. The molecule has 7 heteroatoms. The quantitative estimate of drug-likeness (QED) is 0.624. The summed E-state index contributed by atoms with van der Waals surface area (Å²) in [6.07, 6.45) is 1.77. The Bertz CT molecular complexity index is 1150. The minimum Gasteiger partial charge on any atom is -0.372 e. The number of primary amides is 1. The van der Waals surface area contributed by atoms with Crippen molar-refractivity contribution in [2.75, 3.05) is 37.7 Å². The molecule has 1 saturated heterocycles. The van der Waals surface area contributed by atoms with Crippen LogP contribution in [0.1, 0.15) is 39.6 Å². The fourth-order valence-electron chi connectivity index (χ4n) is 4.97. The SMILES string of the molecule is C[C@@H]1CN(c2cccc3ccc(F)cc23)CCN1CCC1OCCc2cc(C(N)=O)sc21. The van der Waals surface area contributed by atoms with E-state index in [2.05, 4.69) is 22.8 Å². The van der Waals surface area contributed by atoms with Gasteiger partial charge in [0.2, 0.25) is 0 Å². The van der Waals surface area contributed by atoms with E-state index in [9.17, 15) is 9.18 Å². The van der Waals surface area contributed by atoms with Crippen LogP contribution in [0.4, 0.5) is 10.1 Å². The lowest BCUT2D eigenvalue weighted by Gasteiger charge is -2.42. The number of anilines is 1. The third kappa shape index (κ3) is 4.12.